The molecular formula is C21H16Cl2FNO. The molecule has 0 fully saturated rings. The molecule has 3 aromatic rings. The number of anilines is 1. The van der Waals surface area contributed by atoms with Crippen LogP contribution in [0.5, 0.6) is 0 Å². The van der Waals surface area contributed by atoms with Crippen LogP contribution >= 0.6 is 23.2 Å². The van der Waals surface area contributed by atoms with Crippen molar-refractivity contribution in [2.75, 3.05) is 5.32 Å². The van der Waals surface area contributed by atoms with Gasteiger partial charge in [0.1, 0.15) is 5.82 Å². The molecule has 132 valence electrons. The van der Waals surface area contributed by atoms with Crippen LogP contribution in [-0.4, -0.2) is 5.91 Å². The molecular weight excluding hydrogens is 372 g/mol. The second-order valence-electron chi connectivity index (χ2n) is 5.97. The second kappa shape index (κ2) is 7.90. The summed E-state index contributed by atoms with van der Waals surface area (Å²) < 4.78 is 14.5. The van der Waals surface area contributed by atoms with Crippen molar-refractivity contribution in [3.8, 4) is 11.1 Å². The number of carbonyl (C=O) groups excluding carboxylic acids is 1. The Balaban J connectivity index is 1.80. The molecule has 1 N–H and O–H groups in total. The fraction of sp³-hybridized carbons (Fsp3) is 0.0952. The summed E-state index contributed by atoms with van der Waals surface area (Å²) in [4.78, 5) is 12.5. The van der Waals surface area contributed by atoms with E-state index in [9.17, 15) is 9.18 Å². The first-order valence-electron chi connectivity index (χ1n) is 8.06. The lowest BCUT2D eigenvalue weighted by Crippen LogP contribution is -2.19. The standard InChI is InChI=1S/C21H16Cl2FNO/c1-13(21(26)25-18-11-16(22)10-17(23)12-18)15-7-8-19(20(24)9-15)14-5-3-2-4-6-14/h2-13H,1H3,(H,25,26)/t13-/m0/s1. The molecule has 0 saturated carbocycles. The van der Waals surface area contributed by atoms with Gasteiger partial charge in [-0.05, 0) is 42.3 Å². The maximum atomic E-state index is 14.5. The molecule has 0 bridgehead atoms. The van der Waals surface area contributed by atoms with E-state index in [1.165, 1.54) is 6.07 Å². The molecule has 26 heavy (non-hydrogen) atoms. The number of rotatable bonds is 4. The average molecular weight is 388 g/mol. The molecule has 0 heterocycles. The summed E-state index contributed by atoms with van der Waals surface area (Å²) in [6.45, 7) is 1.72. The average Bonchev–Trinajstić information content (AvgIpc) is 2.60. The van der Waals surface area contributed by atoms with Crippen molar-refractivity contribution in [3.63, 3.8) is 0 Å². The smallest absolute Gasteiger partial charge is 0.231 e. The number of carbonyl (C=O) groups is 1. The summed E-state index contributed by atoms with van der Waals surface area (Å²) in [6, 6.07) is 18.9. The third-order valence-electron chi connectivity index (χ3n) is 4.10. The van der Waals surface area contributed by atoms with Gasteiger partial charge in [-0.15, -0.1) is 0 Å². The third-order valence-corrected chi connectivity index (χ3v) is 4.54. The minimum absolute atomic E-state index is 0.268. The molecule has 5 heteroatoms. The van der Waals surface area contributed by atoms with Crippen molar-refractivity contribution < 1.29 is 9.18 Å². The quantitative estimate of drug-likeness (QED) is 0.540. The highest BCUT2D eigenvalue weighted by Gasteiger charge is 2.18. The van der Waals surface area contributed by atoms with E-state index in [1.807, 2.05) is 30.3 Å². The van der Waals surface area contributed by atoms with Gasteiger partial charge >= 0.3 is 0 Å². The van der Waals surface area contributed by atoms with E-state index in [1.54, 1.807) is 37.3 Å². The van der Waals surface area contributed by atoms with Crippen molar-refractivity contribution in [2.24, 2.45) is 0 Å². The van der Waals surface area contributed by atoms with Gasteiger partial charge in [-0.3, -0.25) is 4.79 Å². The van der Waals surface area contributed by atoms with Gasteiger partial charge in [0.05, 0.1) is 5.92 Å². The monoisotopic (exact) mass is 387 g/mol. The highest BCUT2D eigenvalue weighted by Crippen LogP contribution is 2.28. The van der Waals surface area contributed by atoms with Gasteiger partial charge in [-0.25, -0.2) is 4.39 Å². The Kier molecular flexibility index (Phi) is 5.60. The van der Waals surface area contributed by atoms with Crippen LogP contribution in [0.1, 0.15) is 18.4 Å². The topological polar surface area (TPSA) is 29.1 Å². The molecule has 1 amide bonds. The van der Waals surface area contributed by atoms with Gasteiger partial charge in [0.2, 0.25) is 5.91 Å². The summed E-state index contributed by atoms with van der Waals surface area (Å²) in [7, 11) is 0. The van der Waals surface area contributed by atoms with Crippen LogP contribution < -0.4 is 5.32 Å². The zero-order valence-corrected chi connectivity index (χ0v) is 15.5. The summed E-state index contributed by atoms with van der Waals surface area (Å²) in [6.07, 6.45) is 0. The number of halogens is 3. The Bertz CT molecular complexity index is 924. The molecule has 3 rings (SSSR count). The zero-order chi connectivity index (χ0) is 18.7. The first-order valence-corrected chi connectivity index (χ1v) is 8.81. The Labute approximate surface area is 161 Å². The van der Waals surface area contributed by atoms with Gasteiger partial charge < -0.3 is 5.32 Å². The molecule has 0 saturated heterocycles. The van der Waals surface area contributed by atoms with E-state index in [4.69, 9.17) is 23.2 Å². The molecule has 2 nitrogen and oxygen atoms in total. The van der Waals surface area contributed by atoms with Crippen LogP contribution in [0.2, 0.25) is 10.0 Å². The molecule has 0 aliphatic carbocycles. The number of amides is 1. The Hall–Kier alpha value is -2.36. The Morgan fingerprint density at radius 3 is 2.23 bits per heavy atom. The lowest BCUT2D eigenvalue weighted by Gasteiger charge is -2.14. The van der Waals surface area contributed by atoms with Crippen LogP contribution in [0.25, 0.3) is 11.1 Å². The predicted molar refractivity (Wildman–Crippen MR) is 105 cm³/mol. The van der Waals surface area contributed by atoms with Crippen LogP contribution in [0.15, 0.2) is 66.7 Å². The van der Waals surface area contributed by atoms with E-state index in [2.05, 4.69) is 5.32 Å². The molecule has 0 aliphatic heterocycles. The van der Waals surface area contributed by atoms with Crippen LogP contribution in [0.4, 0.5) is 10.1 Å². The van der Waals surface area contributed by atoms with E-state index in [-0.39, 0.29) is 11.7 Å². The molecule has 0 aliphatic rings. The number of benzene rings is 3. The minimum Gasteiger partial charge on any atom is -0.325 e. The van der Waals surface area contributed by atoms with Gasteiger partial charge in [0.15, 0.2) is 0 Å². The Morgan fingerprint density at radius 2 is 1.62 bits per heavy atom. The highest BCUT2D eigenvalue weighted by atomic mass is 35.5. The highest BCUT2D eigenvalue weighted by molar-refractivity contribution is 6.35. The number of nitrogens with one attached hydrogen (secondary N) is 1. The summed E-state index contributed by atoms with van der Waals surface area (Å²) in [5.74, 6) is -1.17. The summed E-state index contributed by atoms with van der Waals surface area (Å²) in [5, 5.41) is 3.62. The van der Waals surface area contributed by atoms with Crippen molar-refractivity contribution in [2.45, 2.75) is 12.8 Å². The molecule has 0 spiro atoms. The van der Waals surface area contributed by atoms with Gasteiger partial charge in [-0.1, -0.05) is 65.7 Å². The fourth-order valence-electron chi connectivity index (χ4n) is 2.68. The minimum atomic E-state index is -0.535. The van der Waals surface area contributed by atoms with Gasteiger partial charge in [0, 0.05) is 21.3 Å². The molecule has 0 radical (unpaired) electrons. The van der Waals surface area contributed by atoms with Crippen molar-refractivity contribution >= 4 is 34.8 Å². The first kappa shape index (κ1) is 18.4. The van der Waals surface area contributed by atoms with Crippen molar-refractivity contribution in [1.82, 2.24) is 0 Å². The Morgan fingerprint density at radius 1 is 0.962 bits per heavy atom. The number of hydrogen-bond donors (Lipinski definition) is 1. The predicted octanol–water partition coefficient (Wildman–Crippen LogP) is 6.54. The normalized spacial score (nSPS) is 11.8. The summed E-state index contributed by atoms with van der Waals surface area (Å²) >= 11 is 11.9. The van der Waals surface area contributed by atoms with Crippen LogP contribution in [0, 0.1) is 5.82 Å². The molecule has 3 aromatic carbocycles. The van der Waals surface area contributed by atoms with Crippen LogP contribution in [0.3, 0.4) is 0 Å². The van der Waals surface area contributed by atoms with Crippen molar-refractivity contribution in [1.29, 1.82) is 0 Å². The van der Waals surface area contributed by atoms with E-state index < -0.39 is 5.92 Å². The molecule has 0 unspecified atom stereocenters. The lowest BCUT2D eigenvalue weighted by molar-refractivity contribution is -0.117. The van der Waals surface area contributed by atoms with Gasteiger partial charge in [0.25, 0.3) is 0 Å². The zero-order valence-electron chi connectivity index (χ0n) is 14.0. The van der Waals surface area contributed by atoms with E-state index in [0.717, 1.165) is 5.56 Å². The van der Waals surface area contributed by atoms with Gasteiger partial charge in [-0.2, -0.15) is 0 Å². The maximum absolute atomic E-state index is 14.5. The molecule has 0 aromatic heterocycles. The fourth-order valence-corrected chi connectivity index (χ4v) is 3.21. The SMILES string of the molecule is C[C@H](C(=O)Nc1cc(Cl)cc(Cl)c1)c1ccc(-c2ccccc2)c(F)c1. The second-order valence-corrected chi connectivity index (χ2v) is 6.85. The lowest BCUT2D eigenvalue weighted by atomic mass is 9.96. The maximum Gasteiger partial charge on any atom is 0.231 e. The third kappa shape index (κ3) is 4.24. The largest absolute Gasteiger partial charge is 0.325 e. The van der Waals surface area contributed by atoms with Crippen molar-refractivity contribution in [3.05, 3.63) is 88.2 Å². The summed E-state index contributed by atoms with van der Waals surface area (Å²) in [5.41, 5.74) is 2.39. The first-order chi connectivity index (χ1) is 12.4. The van der Waals surface area contributed by atoms with E-state index in [0.29, 0.717) is 26.9 Å². The van der Waals surface area contributed by atoms with E-state index >= 15 is 0 Å². The number of hydrogen-bond acceptors (Lipinski definition) is 1. The van der Waals surface area contributed by atoms with Crippen LogP contribution in [-0.2, 0) is 4.79 Å². The molecule has 1 atom stereocenters.